The van der Waals surface area contributed by atoms with Gasteiger partial charge in [-0.15, -0.1) is 0 Å². The van der Waals surface area contributed by atoms with Crippen molar-refractivity contribution in [2.24, 2.45) is 0 Å². The van der Waals surface area contributed by atoms with Gasteiger partial charge < -0.3 is 10.1 Å². The molecule has 1 N–H and O–H groups in total. The van der Waals surface area contributed by atoms with Crippen LogP contribution in [0.25, 0.3) is 0 Å². The van der Waals surface area contributed by atoms with Crippen LogP contribution in [0.15, 0.2) is 48.5 Å². The zero-order valence-corrected chi connectivity index (χ0v) is 11.9. The summed E-state index contributed by atoms with van der Waals surface area (Å²) in [7, 11) is 0. The molecule has 0 aliphatic rings. The Kier molecular flexibility index (Phi) is 5.29. The van der Waals surface area contributed by atoms with E-state index in [1.807, 2.05) is 37.3 Å². The first-order valence-electron chi connectivity index (χ1n) is 6.85. The zero-order valence-electron chi connectivity index (χ0n) is 11.9. The van der Waals surface area contributed by atoms with Gasteiger partial charge in [0, 0.05) is 30.8 Å². The molecular formula is C16H18N2O3. The second-order valence-electron chi connectivity index (χ2n) is 4.57. The van der Waals surface area contributed by atoms with Gasteiger partial charge in [0.1, 0.15) is 5.75 Å². The second-order valence-corrected chi connectivity index (χ2v) is 4.57. The number of nitro groups is 1. The molecule has 0 aromatic heterocycles. The smallest absolute Gasteiger partial charge is 0.269 e. The Morgan fingerprint density at radius 1 is 1.14 bits per heavy atom. The highest BCUT2D eigenvalue weighted by atomic mass is 16.6. The fraction of sp³-hybridized carbons (Fsp3) is 0.250. The molecule has 0 fully saturated rings. The molecule has 21 heavy (non-hydrogen) atoms. The van der Waals surface area contributed by atoms with Crippen LogP contribution in [0, 0.1) is 10.1 Å². The molecule has 0 heterocycles. The van der Waals surface area contributed by atoms with Gasteiger partial charge in [-0.25, -0.2) is 0 Å². The summed E-state index contributed by atoms with van der Waals surface area (Å²) in [5.74, 6) is 0.867. The Balaban J connectivity index is 1.95. The lowest BCUT2D eigenvalue weighted by Gasteiger charge is -2.10. The van der Waals surface area contributed by atoms with Crippen molar-refractivity contribution in [2.45, 2.75) is 20.0 Å². The molecule has 0 saturated heterocycles. The summed E-state index contributed by atoms with van der Waals surface area (Å²) in [6.07, 6.45) is 0. The summed E-state index contributed by atoms with van der Waals surface area (Å²) >= 11 is 0. The predicted molar refractivity (Wildman–Crippen MR) is 81.3 cm³/mol. The molecule has 0 bridgehead atoms. The maximum atomic E-state index is 10.7. The van der Waals surface area contributed by atoms with Crippen molar-refractivity contribution in [1.82, 2.24) is 5.32 Å². The number of ether oxygens (including phenoxy) is 1. The number of nitro benzene ring substituents is 1. The van der Waals surface area contributed by atoms with Gasteiger partial charge in [0.25, 0.3) is 5.69 Å². The molecule has 110 valence electrons. The van der Waals surface area contributed by atoms with Crippen molar-refractivity contribution in [3.8, 4) is 5.75 Å². The van der Waals surface area contributed by atoms with Crippen LogP contribution in [0.5, 0.6) is 5.75 Å². The summed E-state index contributed by atoms with van der Waals surface area (Å²) in [6.45, 7) is 3.80. The summed E-state index contributed by atoms with van der Waals surface area (Å²) in [5.41, 5.74) is 2.08. The molecule has 0 saturated carbocycles. The molecule has 0 unspecified atom stereocenters. The monoisotopic (exact) mass is 286 g/mol. The molecule has 0 atom stereocenters. The molecule has 5 nitrogen and oxygen atoms in total. The minimum Gasteiger partial charge on any atom is -0.494 e. The van der Waals surface area contributed by atoms with Crippen molar-refractivity contribution < 1.29 is 9.66 Å². The molecule has 2 rings (SSSR count). The molecule has 0 aliphatic carbocycles. The molecule has 5 heteroatoms. The van der Waals surface area contributed by atoms with Crippen LogP contribution in [0.2, 0.25) is 0 Å². The van der Waals surface area contributed by atoms with Gasteiger partial charge in [-0.2, -0.15) is 0 Å². The van der Waals surface area contributed by atoms with Crippen LogP contribution < -0.4 is 10.1 Å². The molecule has 0 amide bonds. The first-order chi connectivity index (χ1) is 10.2. The minimum absolute atomic E-state index is 0.115. The van der Waals surface area contributed by atoms with Gasteiger partial charge in [-0.3, -0.25) is 10.1 Å². The number of para-hydroxylation sites is 1. The zero-order chi connectivity index (χ0) is 15.1. The van der Waals surface area contributed by atoms with Crippen LogP contribution in [0.1, 0.15) is 18.1 Å². The van der Waals surface area contributed by atoms with E-state index in [0.29, 0.717) is 19.7 Å². The van der Waals surface area contributed by atoms with Gasteiger partial charge in [0.05, 0.1) is 11.5 Å². The van der Waals surface area contributed by atoms with Gasteiger partial charge >= 0.3 is 0 Å². The second kappa shape index (κ2) is 7.40. The van der Waals surface area contributed by atoms with Crippen molar-refractivity contribution >= 4 is 5.69 Å². The number of hydrogen-bond acceptors (Lipinski definition) is 4. The summed E-state index contributed by atoms with van der Waals surface area (Å²) in [4.78, 5) is 10.4. The quantitative estimate of drug-likeness (QED) is 0.626. The van der Waals surface area contributed by atoms with Crippen molar-refractivity contribution in [3.63, 3.8) is 0 Å². The largest absolute Gasteiger partial charge is 0.494 e. The van der Waals surface area contributed by atoms with E-state index in [2.05, 4.69) is 5.32 Å². The highest BCUT2D eigenvalue weighted by molar-refractivity contribution is 5.35. The lowest BCUT2D eigenvalue weighted by molar-refractivity contribution is -0.384. The minimum atomic E-state index is -0.381. The van der Waals surface area contributed by atoms with Gasteiger partial charge in [0.15, 0.2) is 0 Å². The van der Waals surface area contributed by atoms with Crippen LogP contribution in [0.4, 0.5) is 5.69 Å². The first-order valence-corrected chi connectivity index (χ1v) is 6.85. The van der Waals surface area contributed by atoms with E-state index in [9.17, 15) is 10.1 Å². The molecule has 0 spiro atoms. The van der Waals surface area contributed by atoms with Crippen LogP contribution >= 0.6 is 0 Å². The summed E-state index contributed by atoms with van der Waals surface area (Å²) < 4.78 is 5.56. The van der Waals surface area contributed by atoms with Crippen LogP contribution in [-0.2, 0) is 13.1 Å². The highest BCUT2D eigenvalue weighted by Crippen LogP contribution is 2.18. The van der Waals surface area contributed by atoms with Crippen LogP contribution in [-0.4, -0.2) is 11.5 Å². The van der Waals surface area contributed by atoms with Crippen molar-refractivity contribution in [3.05, 3.63) is 69.8 Å². The van der Waals surface area contributed by atoms with Gasteiger partial charge in [-0.1, -0.05) is 30.3 Å². The molecule has 0 aliphatic heterocycles. The Morgan fingerprint density at radius 2 is 1.95 bits per heavy atom. The average Bonchev–Trinajstić information content (AvgIpc) is 2.49. The molecule has 2 aromatic carbocycles. The number of rotatable bonds is 7. The maximum Gasteiger partial charge on any atom is 0.269 e. The average molecular weight is 286 g/mol. The third-order valence-corrected chi connectivity index (χ3v) is 3.04. The maximum absolute atomic E-state index is 10.7. The fourth-order valence-electron chi connectivity index (χ4n) is 2.07. The van der Waals surface area contributed by atoms with Crippen molar-refractivity contribution in [1.29, 1.82) is 0 Å². The number of hydrogen-bond donors (Lipinski definition) is 1. The Morgan fingerprint density at radius 3 is 2.71 bits per heavy atom. The van der Waals surface area contributed by atoms with Gasteiger partial charge in [-0.05, 0) is 18.6 Å². The van der Waals surface area contributed by atoms with Gasteiger partial charge in [0.2, 0.25) is 0 Å². The molecular weight excluding hydrogens is 268 g/mol. The van der Waals surface area contributed by atoms with E-state index in [4.69, 9.17) is 4.74 Å². The van der Waals surface area contributed by atoms with E-state index >= 15 is 0 Å². The third kappa shape index (κ3) is 4.29. The lowest BCUT2D eigenvalue weighted by Crippen LogP contribution is -2.13. The topological polar surface area (TPSA) is 64.4 Å². The third-order valence-electron chi connectivity index (χ3n) is 3.04. The predicted octanol–water partition coefficient (Wildman–Crippen LogP) is 3.28. The van der Waals surface area contributed by atoms with E-state index in [0.717, 1.165) is 16.9 Å². The number of nitrogens with zero attached hydrogens (tertiary/aromatic N) is 1. The van der Waals surface area contributed by atoms with Crippen molar-refractivity contribution in [2.75, 3.05) is 6.61 Å². The van der Waals surface area contributed by atoms with E-state index in [-0.39, 0.29) is 10.6 Å². The number of non-ortho nitro benzene ring substituents is 1. The molecule has 2 aromatic rings. The normalized spacial score (nSPS) is 10.3. The van der Waals surface area contributed by atoms with E-state index < -0.39 is 0 Å². The SMILES string of the molecule is CCOc1ccccc1CNCc1cccc([N+](=O)[O-])c1. The number of nitrogens with one attached hydrogen (secondary N) is 1. The summed E-state index contributed by atoms with van der Waals surface area (Å²) in [6, 6.07) is 14.5. The first kappa shape index (κ1) is 15.0. The standard InChI is InChI=1S/C16H18N2O3/c1-2-21-16-9-4-3-7-14(16)12-17-11-13-6-5-8-15(10-13)18(19)20/h3-10,17H,2,11-12H2,1H3. The Hall–Kier alpha value is -2.40. The molecule has 0 radical (unpaired) electrons. The Bertz CT molecular complexity index is 614. The summed E-state index contributed by atoms with van der Waals surface area (Å²) in [5, 5.41) is 14.0. The lowest BCUT2D eigenvalue weighted by atomic mass is 10.1. The van der Waals surface area contributed by atoms with E-state index in [1.165, 1.54) is 6.07 Å². The number of benzene rings is 2. The van der Waals surface area contributed by atoms with Crippen LogP contribution in [0.3, 0.4) is 0 Å². The fourth-order valence-corrected chi connectivity index (χ4v) is 2.07. The van der Waals surface area contributed by atoms with E-state index in [1.54, 1.807) is 12.1 Å². The highest BCUT2D eigenvalue weighted by Gasteiger charge is 2.06. The Labute approximate surface area is 123 Å².